The van der Waals surface area contributed by atoms with Crippen LogP contribution in [0.2, 0.25) is 0 Å². The van der Waals surface area contributed by atoms with E-state index in [0.29, 0.717) is 17.5 Å². The number of hydrogen-bond donors (Lipinski definition) is 2. The van der Waals surface area contributed by atoms with Crippen LogP contribution in [0, 0.1) is 17.7 Å². The Morgan fingerprint density at radius 1 is 1.17 bits per heavy atom. The molecule has 1 aliphatic carbocycles. The molecule has 1 aromatic rings. The number of halogens is 1. The molecule has 4 atom stereocenters. The minimum absolute atomic E-state index is 0.109. The normalized spacial score (nSPS) is 26.7. The number of carbonyl (C=O) groups excluding carboxylic acids is 2. The van der Waals surface area contributed by atoms with E-state index in [1.165, 1.54) is 25.0 Å². The van der Waals surface area contributed by atoms with Crippen molar-refractivity contribution in [3.8, 4) is 0 Å². The Kier molecular flexibility index (Phi) is 7.83. The van der Waals surface area contributed by atoms with Gasteiger partial charge in [0.25, 0.3) is 0 Å². The number of hydrogen-bond acceptors (Lipinski definition) is 4. The highest BCUT2D eigenvalue weighted by atomic mass is 19.1. The molecule has 1 aromatic carbocycles. The average molecular weight is 419 g/mol. The quantitative estimate of drug-likeness (QED) is 0.746. The lowest BCUT2D eigenvalue weighted by molar-refractivity contribution is -0.128. The number of benzene rings is 1. The van der Waals surface area contributed by atoms with Crippen LogP contribution in [0.3, 0.4) is 0 Å². The van der Waals surface area contributed by atoms with Crippen molar-refractivity contribution in [1.82, 2.24) is 15.1 Å². The van der Waals surface area contributed by atoms with E-state index in [1.807, 2.05) is 6.92 Å². The second-order valence-electron chi connectivity index (χ2n) is 8.93. The molecule has 0 radical (unpaired) electrons. The van der Waals surface area contributed by atoms with Crippen molar-refractivity contribution >= 4 is 17.5 Å². The Hall–Kier alpha value is -1.99. The smallest absolute Gasteiger partial charge is 0.238 e. The molecule has 2 N–H and O–H groups in total. The number of nitrogens with one attached hydrogen (secondary N) is 2. The summed E-state index contributed by atoms with van der Waals surface area (Å²) in [5.74, 6) is 0.758. The van der Waals surface area contributed by atoms with Gasteiger partial charge in [0, 0.05) is 37.9 Å². The van der Waals surface area contributed by atoms with Crippen molar-refractivity contribution in [3.63, 3.8) is 0 Å². The summed E-state index contributed by atoms with van der Waals surface area (Å²) in [4.78, 5) is 29.3. The van der Waals surface area contributed by atoms with Crippen LogP contribution in [0.15, 0.2) is 24.3 Å². The number of anilines is 1. The molecule has 1 saturated carbocycles. The first-order valence-corrected chi connectivity index (χ1v) is 11.2. The third-order valence-electron chi connectivity index (χ3n) is 6.84. The van der Waals surface area contributed by atoms with Gasteiger partial charge in [-0.15, -0.1) is 0 Å². The summed E-state index contributed by atoms with van der Waals surface area (Å²) >= 11 is 0. The predicted molar refractivity (Wildman–Crippen MR) is 117 cm³/mol. The molecule has 7 heteroatoms. The summed E-state index contributed by atoms with van der Waals surface area (Å²) in [5.41, 5.74) is 0.468. The van der Waals surface area contributed by atoms with Crippen LogP contribution in [-0.2, 0) is 9.59 Å². The molecular weight excluding hydrogens is 383 g/mol. The van der Waals surface area contributed by atoms with Crippen LogP contribution >= 0.6 is 0 Å². The maximum atomic E-state index is 13.2. The lowest BCUT2D eigenvalue weighted by Gasteiger charge is -2.39. The van der Waals surface area contributed by atoms with E-state index in [-0.39, 0.29) is 36.3 Å². The Morgan fingerprint density at radius 2 is 1.90 bits per heavy atom. The van der Waals surface area contributed by atoms with Gasteiger partial charge in [-0.2, -0.15) is 0 Å². The molecule has 0 unspecified atom stereocenters. The van der Waals surface area contributed by atoms with Gasteiger partial charge >= 0.3 is 0 Å². The number of rotatable bonds is 6. The van der Waals surface area contributed by atoms with Crippen LogP contribution in [0.25, 0.3) is 0 Å². The molecule has 2 aliphatic rings. The molecule has 30 heavy (non-hydrogen) atoms. The van der Waals surface area contributed by atoms with Gasteiger partial charge in [0.05, 0.1) is 12.6 Å². The van der Waals surface area contributed by atoms with Gasteiger partial charge < -0.3 is 10.6 Å². The van der Waals surface area contributed by atoms with Gasteiger partial charge in [-0.1, -0.05) is 32.8 Å². The zero-order valence-electron chi connectivity index (χ0n) is 18.4. The van der Waals surface area contributed by atoms with Gasteiger partial charge in [-0.05, 0) is 43.4 Å². The maximum absolute atomic E-state index is 13.2. The van der Waals surface area contributed by atoms with Crippen LogP contribution in [0.4, 0.5) is 10.1 Å². The Bertz CT molecular complexity index is 736. The van der Waals surface area contributed by atoms with Gasteiger partial charge in [-0.3, -0.25) is 19.4 Å². The SMILES string of the molecule is C[C@@H]1[C@@H](C)CCC[C@H]1NC(=O)[C@@H](C)N1CCN(CC(=O)Nc2cccc(F)c2)CC1. The molecule has 2 amide bonds. The topological polar surface area (TPSA) is 64.7 Å². The fourth-order valence-electron chi connectivity index (χ4n) is 4.53. The highest BCUT2D eigenvalue weighted by Gasteiger charge is 2.31. The second kappa shape index (κ2) is 10.4. The molecule has 3 rings (SSSR count). The van der Waals surface area contributed by atoms with Crippen molar-refractivity contribution in [3.05, 3.63) is 30.1 Å². The monoisotopic (exact) mass is 418 g/mol. The lowest BCUT2D eigenvalue weighted by atomic mass is 9.78. The summed E-state index contributed by atoms with van der Waals surface area (Å²) in [6.07, 6.45) is 3.50. The fraction of sp³-hybridized carbons (Fsp3) is 0.652. The molecule has 1 aliphatic heterocycles. The standard InChI is InChI=1S/C23H35FN4O2/c1-16-6-4-9-21(17(16)2)26-23(30)18(3)28-12-10-27(11-13-28)15-22(29)25-20-8-5-7-19(24)14-20/h5,7-8,14,16-18,21H,4,6,9-13,15H2,1-3H3,(H,25,29)(H,26,30)/t16-,17+,18+,21+/m0/s1. The van der Waals surface area contributed by atoms with E-state index in [4.69, 9.17) is 0 Å². The predicted octanol–water partition coefficient (Wildman–Crippen LogP) is 2.71. The third kappa shape index (κ3) is 6.01. The molecule has 0 bridgehead atoms. The van der Waals surface area contributed by atoms with Crippen LogP contribution < -0.4 is 10.6 Å². The molecule has 6 nitrogen and oxygen atoms in total. The summed E-state index contributed by atoms with van der Waals surface area (Å²) in [7, 11) is 0. The molecule has 2 fully saturated rings. The third-order valence-corrected chi connectivity index (χ3v) is 6.84. The summed E-state index contributed by atoms with van der Waals surface area (Å²) in [5, 5.41) is 6.02. The van der Waals surface area contributed by atoms with Crippen LogP contribution in [0.5, 0.6) is 0 Å². The van der Waals surface area contributed by atoms with Crippen LogP contribution in [0.1, 0.15) is 40.0 Å². The molecule has 0 aromatic heterocycles. The Labute approximate surface area is 179 Å². The van der Waals surface area contributed by atoms with Gasteiger partial charge in [0.15, 0.2) is 0 Å². The minimum atomic E-state index is -0.370. The zero-order valence-corrected chi connectivity index (χ0v) is 18.4. The number of piperazine rings is 1. The van der Waals surface area contributed by atoms with E-state index < -0.39 is 0 Å². The van der Waals surface area contributed by atoms with Gasteiger partial charge in [0.1, 0.15) is 5.82 Å². The molecular formula is C23H35FN4O2. The van der Waals surface area contributed by atoms with E-state index in [9.17, 15) is 14.0 Å². The van der Waals surface area contributed by atoms with Gasteiger partial charge in [-0.25, -0.2) is 4.39 Å². The average Bonchev–Trinajstić information content (AvgIpc) is 2.71. The van der Waals surface area contributed by atoms with E-state index in [1.54, 1.807) is 12.1 Å². The molecule has 1 heterocycles. The number of carbonyl (C=O) groups is 2. The maximum Gasteiger partial charge on any atom is 0.238 e. The summed E-state index contributed by atoms with van der Waals surface area (Å²) in [6, 6.07) is 6.01. The summed E-state index contributed by atoms with van der Waals surface area (Å²) < 4.78 is 13.2. The molecule has 1 saturated heterocycles. The minimum Gasteiger partial charge on any atom is -0.352 e. The lowest BCUT2D eigenvalue weighted by Crippen LogP contribution is -2.56. The highest BCUT2D eigenvalue weighted by molar-refractivity contribution is 5.92. The number of amides is 2. The van der Waals surface area contributed by atoms with Crippen molar-refractivity contribution in [1.29, 1.82) is 0 Å². The Balaban J connectivity index is 1.42. The molecule has 166 valence electrons. The fourth-order valence-corrected chi connectivity index (χ4v) is 4.53. The second-order valence-corrected chi connectivity index (χ2v) is 8.93. The highest BCUT2D eigenvalue weighted by Crippen LogP contribution is 2.29. The van der Waals surface area contributed by atoms with E-state index in [2.05, 4.69) is 34.3 Å². The number of nitrogens with zero attached hydrogens (tertiary/aromatic N) is 2. The van der Waals surface area contributed by atoms with Crippen molar-refractivity contribution in [2.45, 2.75) is 52.1 Å². The van der Waals surface area contributed by atoms with E-state index >= 15 is 0 Å². The zero-order chi connectivity index (χ0) is 21.7. The Morgan fingerprint density at radius 3 is 2.60 bits per heavy atom. The van der Waals surface area contributed by atoms with E-state index in [0.717, 1.165) is 32.6 Å². The van der Waals surface area contributed by atoms with Crippen molar-refractivity contribution < 1.29 is 14.0 Å². The summed E-state index contributed by atoms with van der Waals surface area (Å²) in [6.45, 7) is 9.71. The molecule has 0 spiro atoms. The first-order valence-electron chi connectivity index (χ1n) is 11.2. The first kappa shape index (κ1) is 22.7. The first-order chi connectivity index (χ1) is 14.3. The van der Waals surface area contributed by atoms with Crippen molar-refractivity contribution in [2.24, 2.45) is 11.8 Å². The van der Waals surface area contributed by atoms with Gasteiger partial charge in [0.2, 0.25) is 11.8 Å². The van der Waals surface area contributed by atoms with Crippen LogP contribution in [-0.4, -0.2) is 66.4 Å². The largest absolute Gasteiger partial charge is 0.352 e. The van der Waals surface area contributed by atoms with Crippen molar-refractivity contribution in [2.75, 3.05) is 38.0 Å².